The summed E-state index contributed by atoms with van der Waals surface area (Å²) in [6, 6.07) is -1.14. The lowest BCUT2D eigenvalue weighted by Gasteiger charge is -2.43. The molecular weight excluding hydrogens is 260 g/mol. The van der Waals surface area contributed by atoms with Crippen molar-refractivity contribution >= 4 is 12.0 Å². The van der Waals surface area contributed by atoms with Crippen molar-refractivity contribution in [2.24, 2.45) is 5.73 Å². The molecule has 106 valence electrons. The Kier molecular flexibility index (Phi) is 2.76. The first-order chi connectivity index (χ1) is 9.00. The lowest BCUT2D eigenvalue weighted by Crippen LogP contribution is -2.67. The number of carbonyl (C=O) groups is 2. The Morgan fingerprint density at radius 1 is 1.42 bits per heavy atom. The van der Waals surface area contributed by atoms with Gasteiger partial charge in [0.15, 0.2) is 12.9 Å². The number of nitrogens with two attached hydrogens (primary N) is 1. The Hall–Kier alpha value is -1.26. The normalized spacial score (nSPS) is 45.7. The van der Waals surface area contributed by atoms with Gasteiger partial charge in [-0.15, -0.1) is 0 Å². The number of aliphatic hydroxyl groups is 2. The second kappa shape index (κ2) is 4.12. The first-order valence-corrected chi connectivity index (χ1v) is 5.84. The van der Waals surface area contributed by atoms with Crippen molar-refractivity contribution in [2.45, 2.75) is 30.1 Å². The second-order valence-corrected chi connectivity index (χ2v) is 4.81. The highest BCUT2D eigenvalue weighted by molar-refractivity contribution is 5.98. The number of imide groups is 1. The number of hydrogen-bond acceptors (Lipinski definition) is 8. The van der Waals surface area contributed by atoms with Gasteiger partial charge < -0.3 is 30.2 Å². The van der Waals surface area contributed by atoms with Gasteiger partial charge >= 0.3 is 6.09 Å². The molecule has 0 aromatic heterocycles. The number of cyclic esters (lactones) is 1. The number of fused-ring (bicyclic) bond motifs is 2. The third kappa shape index (κ3) is 1.60. The van der Waals surface area contributed by atoms with E-state index in [0.29, 0.717) is 0 Å². The molecule has 0 aromatic carbocycles. The Balaban J connectivity index is 1.92. The molecule has 3 aliphatic heterocycles. The lowest BCUT2D eigenvalue weighted by molar-refractivity contribution is -0.234. The van der Waals surface area contributed by atoms with Gasteiger partial charge in [0.2, 0.25) is 0 Å². The maximum atomic E-state index is 11.6. The first-order valence-electron chi connectivity index (χ1n) is 5.84. The summed E-state index contributed by atoms with van der Waals surface area (Å²) >= 11 is 0. The van der Waals surface area contributed by atoms with Gasteiger partial charge in [0.1, 0.15) is 23.9 Å². The third-order valence-electron chi connectivity index (χ3n) is 3.76. The van der Waals surface area contributed by atoms with E-state index in [1.54, 1.807) is 0 Å². The molecule has 3 rings (SSSR count). The van der Waals surface area contributed by atoms with Gasteiger partial charge in [-0.05, 0) is 0 Å². The van der Waals surface area contributed by atoms with Crippen molar-refractivity contribution in [1.82, 2.24) is 4.90 Å². The minimum Gasteiger partial charge on any atom is -0.439 e. The zero-order chi connectivity index (χ0) is 13.8. The van der Waals surface area contributed by atoms with Crippen LogP contribution in [0.25, 0.3) is 0 Å². The zero-order valence-corrected chi connectivity index (χ0v) is 9.89. The zero-order valence-electron chi connectivity index (χ0n) is 9.89. The monoisotopic (exact) mass is 274 g/mol. The molecule has 3 fully saturated rings. The summed E-state index contributed by atoms with van der Waals surface area (Å²) in [5, 5.41) is 20.2. The van der Waals surface area contributed by atoms with Crippen molar-refractivity contribution in [1.29, 1.82) is 0 Å². The molecule has 3 heterocycles. The summed E-state index contributed by atoms with van der Waals surface area (Å²) in [5.41, 5.74) is 4.33. The van der Waals surface area contributed by atoms with E-state index in [4.69, 9.17) is 15.2 Å². The molecule has 2 bridgehead atoms. The molecule has 0 aromatic rings. The van der Waals surface area contributed by atoms with Gasteiger partial charge in [0.05, 0.1) is 6.61 Å². The van der Waals surface area contributed by atoms with Crippen molar-refractivity contribution in [3.63, 3.8) is 0 Å². The van der Waals surface area contributed by atoms with Gasteiger partial charge in [-0.1, -0.05) is 0 Å². The Morgan fingerprint density at radius 3 is 2.74 bits per heavy atom. The van der Waals surface area contributed by atoms with E-state index < -0.39 is 48.7 Å². The number of nitrogens with zero attached hydrogens (tertiary/aromatic N) is 1. The summed E-state index contributed by atoms with van der Waals surface area (Å²) in [6.07, 6.45) is -4.67. The largest absolute Gasteiger partial charge is 0.439 e. The Morgan fingerprint density at radius 2 is 2.16 bits per heavy atom. The van der Waals surface area contributed by atoms with Crippen LogP contribution in [0.3, 0.4) is 0 Å². The van der Waals surface area contributed by atoms with Gasteiger partial charge in [-0.2, -0.15) is 0 Å². The molecule has 0 saturated carbocycles. The number of hydrogen-bond donors (Lipinski definition) is 3. The third-order valence-corrected chi connectivity index (χ3v) is 3.76. The molecule has 19 heavy (non-hydrogen) atoms. The Bertz CT molecular complexity index is 414. The molecule has 9 heteroatoms. The van der Waals surface area contributed by atoms with Crippen molar-refractivity contribution < 1.29 is 34.0 Å². The quantitative estimate of drug-likeness (QED) is 0.490. The fourth-order valence-corrected chi connectivity index (χ4v) is 2.66. The minimum absolute atomic E-state index is 0.0139. The summed E-state index contributed by atoms with van der Waals surface area (Å²) in [4.78, 5) is 23.9. The highest BCUT2D eigenvalue weighted by Crippen LogP contribution is 2.39. The molecule has 2 unspecified atom stereocenters. The number of aliphatic hydroxyl groups excluding tert-OH is 2. The SMILES string of the molecule is NC[C@@]12COC(O1)[C@H](N1C(=O)COC1=O)C(O)[C@H]2O. The minimum atomic E-state index is -1.40. The van der Waals surface area contributed by atoms with Gasteiger partial charge in [-0.25, -0.2) is 9.69 Å². The molecule has 0 spiro atoms. The molecule has 5 atom stereocenters. The molecule has 4 N–H and O–H groups in total. The van der Waals surface area contributed by atoms with Gasteiger partial charge in [0.25, 0.3) is 5.91 Å². The number of amides is 2. The number of rotatable bonds is 2. The average Bonchev–Trinajstić information content (AvgIpc) is 2.94. The van der Waals surface area contributed by atoms with Crippen LogP contribution in [0.4, 0.5) is 4.79 Å². The van der Waals surface area contributed by atoms with Gasteiger partial charge in [0, 0.05) is 6.54 Å². The predicted octanol–water partition coefficient (Wildman–Crippen LogP) is -2.86. The first kappa shape index (κ1) is 12.8. The van der Waals surface area contributed by atoms with Gasteiger partial charge in [-0.3, -0.25) is 4.79 Å². The summed E-state index contributed by atoms with van der Waals surface area (Å²) in [5.74, 6) is -0.611. The predicted molar refractivity (Wildman–Crippen MR) is 56.6 cm³/mol. The summed E-state index contributed by atoms with van der Waals surface area (Å²) in [7, 11) is 0. The van der Waals surface area contributed by atoms with Crippen LogP contribution in [-0.2, 0) is 19.0 Å². The summed E-state index contributed by atoms with van der Waals surface area (Å²) < 4.78 is 15.4. The summed E-state index contributed by atoms with van der Waals surface area (Å²) in [6.45, 7) is -0.459. The van der Waals surface area contributed by atoms with E-state index in [0.717, 1.165) is 4.90 Å². The number of ether oxygens (including phenoxy) is 3. The van der Waals surface area contributed by atoms with E-state index in [1.807, 2.05) is 0 Å². The van der Waals surface area contributed by atoms with Crippen LogP contribution in [0.2, 0.25) is 0 Å². The van der Waals surface area contributed by atoms with Crippen LogP contribution >= 0.6 is 0 Å². The fourth-order valence-electron chi connectivity index (χ4n) is 2.66. The second-order valence-electron chi connectivity index (χ2n) is 4.81. The van der Waals surface area contributed by atoms with Crippen LogP contribution < -0.4 is 5.73 Å². The smallest absolute Gasteiger partial charge is 0.417 e. The van der Waals surface area contributed by atoms with Crippen LogP contribution in [0.5, 0.6) is 0 Å². The van der Waals surface area contributed by atoms with E-state index >= 15 is 0 Å². The molecule has 0 aliphatic carbocycles. The van der Waals surface area contributed by atoms with E-state index in [9.17, 15) is 19.8 Å². The van der Waals surface area contributed by atoms with Crippen molar-refractivity contribution in [3.05, 3.63) is 0 Å². The maximum Gasteiger partial charge on any atom is 0.417 e. The van der Waals surface area contributed by atoms with Crippen LogP contribution in [0, 0.1) is 0 Å². The molecular formula is C10H14N2O7. The van der Waals surface area contributed by atoms with E-state index in [2.05, 4.69) is 4.74 Å². The van der Waals surface area contributed by atoms with E-state index in [-0.39, 0.29) is 13.2 Å². The van der Waals surface area contributed by atoms with Crippen LogP contribution in [-0.4, -0.2) is 77.0 Å². The van der Waals surface area contributed by atoms with Crippen molar-refractivity contribution in [3.8, 4) is 0 Å². The highest BCUT2D eigenvalue weighted by Gasteiger charge is 2.62. The molecule has 2 amide bonds. The molecule has 9 nitrogen and oxygen atoms in total. The van der Waals surface area contributed by atoms with Crippen LogP contribution in [0.15, 0.2) is 0 Å². The standard InChI is InChI=1S/C10H14N2O7/c11-2-10-3-18-8(19-10)5(6(14)7(10)15)12-4(13)1-17-9(12)16/h5-8,14-15H,1-3,11H2/t5-,6?,7-,8?,10+/m1/s1. The fraction of sp³-hybridized carbons (Fsp3) is 0.800. The van der Waals surface area contributed by atoms with Crippen LogP contribution in [0.1, 0.15) is 0 Å². The molecule has 0 radical (unpaired) electrons. The average molecular weight is 274 g/mol. The Labute approximate surface area is 107 Å². The maximum absolute atomic E-state index is 11.6. The number of carbonyl (C=O) groups excluding carboxylic acids is 2. The topological polar surface area (TPSA) is 132 Å². The van der Waals surface area contributed by atoms with E-state index in [1.165, 1.54) is 0 Å². The van der Waals surface area contributed by atoms with Crippen molar-refractivity contribution in [2.75, 3.05) is 19.8 Å². The molecule has 3 aliphatic rings. The lowest BCUT2D eigenvalue weighted by atomic mass is 9.87. The highest BCUT2D eigenvalue weighted by atomic mass is 16.7. The molecule has 3 saturated heterocycles.